The average molecular weight is 223 g/mol. The van der Waals surface area contributed by atoms with Gasteiger partial charge in [-0.1, -0.05) is 54.6 Å². The van der Waals surface area contributed by atoms with Crippen LogP contribution < -0.4 is 0 Å². The van der Waals surface area contributed by atoms with Crippen LogP contribution in [-0.2, 0) is 4.79 Å². The lowest BCUT2D eigenvalue weighted by molar-refractivity contribution is 0.559. The molecule has 0 unspecified atom stereocenters. The van der Waals surface area contributed by atoms with Gasteiger partial charge in [0.1, 0.15) is 0 Å². The molecule has 84 valence electrons. The van der Waals surface area contributed by atoms with Crippen molar-refractivity contribution in [3.05, 3.63) is 60.2 Å². The largest absolute Gasteiger partial charge is 0.235 e. The number of aliphatic imine (C=N–C) groups is 1. The van der Waals surface area contributed by atoms with Crippen LogP contribution in [0.1, 0.15) is 18.5 Å². The van der Waals surface area contributed by atoms with Crippen molar-refractivity contribution in [1.29, 1.82) is 0 Å². The molecule has 0 heterocycles. The first kappa shape index (κ1) is 11.3. The van der Waals surface area contributed by atoms with E-state index in [2.05, 4.69) is 17.1 Å². The summed E-state index contributed by atoms with van der Waals surface area (Å²) in [6, 6.07) is 18.1. The molecule has 0 bridgehead atoms. The van der Waals surface area contributed by atoms with Gasteiger partial charge in [0.15, 0.2) is 0 Å². The van der Waals surface area contributed by atoms with Crippen LogP contribution in [0.3, 0.4) is 0 Å². The monoisotopic (exact) mass is 223 g/mol. The Morgan fingerprint density at radius 2 is 1.53 bits per heavy atom. The number of benzene rings is 2. The van der Waals surface area contributed by atoms with Crippen LogP contribution in [0.5, 0.6) is 0 Å². The van der Waals surface area contributed by atoms with E-state index in [1.165, 1.54) is 5.56 Å². The smallest absolute Gasteiger partial charge is 0.211 e. The van der Waals surface area contributed by atoms with Crippen LogP contribution in [0.4, 0.5) is 0 Å². The highest BCUT2D eigenvalue weighted by Crippen LogP contribution is 2.22. The Hall–Kier alpha value is -2.18. The van der Waals surface area contributed by atoms with Gasteiger partial charge in [-0.3, -0.25) is 0 Å². The Kier molecular flexibility index (Phi) is 3.49. The molecule has 0 aromatic heterocycles. The molecule has 0 saturated carbocycles. The van der Waals surface area contributed by atoms with Crippen molar-refractivity contribution in [1.82, 2.24) is 0 Å². The van der Waals surface area contributed by atoms with E-state index in [-0.39, 0.29) is 6.04 Å². The molecule has 2 heteroatoms. The zero-order valence-corrected chi connectivity index (χ0v) is 9.63. The van der Waals surface area contributed by atoms with Gasteiger partial charge >= 0.3 is 0 Å². The van der Waals surface area contributed by atoms with Gasteiger partial charge in [-0.2, -0.15) is 4.99 Å². The molecule has 0 fully saturated rings. The summed E-state index contributed by atoms with van der Waals surface area (Å²) < 4.78 is 0. The molecular weight excluding hydrogens is 210 g/mol. The molecule has 2 aromatic carbocycles. The second kappa shape index (κ2) is 5.24. The molecule has 0 radical (unpaired) electrons. The van der Waals surface area contributed by atoms with Crippen LogP contribution in [-0.4, -0.2) is 6.08 Å². The number of hydrogen-bond donors (Lipinski definition) is 0. The molecule has 17 heavy (non-hydrogen) atoms. The zero-order valence-electron chi connectivity index (χ0n) is 9.63. The summed E-state index contributed by atoms with van der Waals surface area (Å²) in [4.78, 5) is 13.9. The van der Waals surface area contributed by atoms with Gasteiger partial charge in [0.05, 0.1) is 6.04 Å². The highest BCUT2D eigenvalue weighted by molar-refractivity contribution is 5.63. The fourth-order valence-electron chi connectivity index (χ4n) is 1.74. The molecule has 0 amide bonds. The maximum absolute atomic E-state index is 10.2. The molecule has 0 aliphatic rings. The van der Waals surface area contributed by atoms with Crippen molar-refractivity contribution < 1.29 is 4.79 Å². The minimum absolute atomic E-state index is 0.127. The van der Waals surface area contributed by atoms with E-state index in [0.29, 0.717) is 0 Å². The Balaban J connectivity index is 2.27. The van der Waals surface area contributed by atoms with Gasteiger partial charge < -0.3 is 0 Å². The minimum atomic E-state index is -0.127. The van der Waals surface area contributed by atoms with Crippen LogP contribution >= 0.6 is 0 Å². The molecule has 0 N–H and O–H groups in total. The Labute approximate surface area is 101 Å². The third kappa shape index (κ3) is 2.68. The van der Waals surface area contributed by atoms with Crippen molar-refractivity contribution in [2.45, 2.75) is 13.0 Å². The fraction of sp³-hybridized carbons (Fsp3) is 0.133. The summed E-state index contributed by atoms with van der Waals surface area (Å²) in [6.07, 6.45) is 1.59. The first-order chi connectivity index (χ1) is 8.31. The molecule has 0 aliphatic carbocycles. The third-order valence-corrected chi connectivity index (χ3v) is 2.75. The molecular formula is C15H13NO. The Morgan fingerprint density at radius 3 is 2.12 bits per heavy atom. The van der Waals surface area contributed by atoms with E-state index < -0.39 is 0 Å². The van der Waals surface area contributed by atoms with Gasteiger partial charge in [-0.25, -0.2) is 4.79 Å². The lowest BCUT2D eigenvalue weighted by Crippen LogP contribution is -1.88. The molecule has 2 nitrogen and oxygen atoms in total. The van der Waals surface area contributed by atoms with E-state index in [9.17, 15) is 4.79 Å². The summed E-state index contributed by atoms with van der Waals surface area (Å²) in [5.41, 5.74) is 3.37. The summed E-state index contributed by atoms with van der Waals surface area (Å²) in [5.74, 6) is 0. The lowest BCUT2D eigenvalue weighted by atomic mass is 10.0. The van der Waals surface area contributed by atoms with Gasteiger partial charge in [0.2, 0.25) is 6.08 Å². The average Bonchev–Trinajstić information content (AvgIpc) is 2.40. The van der Waals surface area contributed by atoms with Gasteiger partial charge in [-0.05, 0) is 23.6 Å². The van der Waals surface area contributed by atoms with E-state index in [1.807, 2.05) is 49.4 Å². The summed E-state index contributed by atoms with van der Waals surface area (Å²) in [6.45, 7) is 1.88. The van der Waals surface area contributed by atoms with Gasteiger partial charge in [-0.15, -0.1) is 0 Å². The van der Waals surface area contributed by atoms with E-state index in [0.717, 1.165) is 11.1 Å². The number of isocyanates is 1. The lowest BCUT2D eigenvalue weighted by Gasteiger charge is -2.06. The fourth-order valence-corrected chi connectivity index (χ4v) is 1.74. The van der Waals surface area contributed by atoms with Gasteiger partial charge in [0, 0.05) is 0 Å². The zero-order chi connectivity index (χ0) is 12.1. The highest BCUT2D eigenvalue weighted by atomic mass is 16.1. The highest BCUT2D eigenvalue weighted by Gasteiger charge is 2.03. The van der Waals surface area contributed by atoms with Crippen LogP contribution in [0, 0.1) is 0 Å². The standard InChI is InChI=1S/C15H13NO/c1-12(16-11-17)13-7-9-15(10-8-13)14-5-3-2-4-6-14/h2-10,12H,1H3/t12-/m0/s1. The normalized spacial score (nSPS) is 11.6. The van der Waals surface area contributed by atoms with Crippen molar-refractivity contribution in [3.63, 3.8) is 0 Å². The SMILES string of the molecule is C[C@H](N=C=O)c1ccc(-c2ccccc2)cc1. The number of rotatable bonds is 3. The van der Waals surface area contributed by atoms with Gasteiger partial charge in [0.25, 0.3) is 0 Å². The van der Waals surface area contributed by atoms with Crippen molar-refractivity contribution in [3.8, 4) is 11.1 Å². The maximum atomic E-state index is 10.2. The Bertz CT molecular complexity index is 525. The van der Waals surface area contributed by atoms with Crippen LogP contribution in [0.25, 0.3) is 11.1 Å². The molecule has 0 aliphatic heterocycles. The number of carbonyl (C=O) groups excluding carboxylic acids is 1. The van der Waals surface area contributed by atoms with E-state index >= 15 is 0 Å². The number of hydrogen-bond acceptors (Lipinski definition) is 2. The molecule has 1 atom stereocenters. The second-order valence-electron chi connectivity index (χ2n) is 3.88. The molecule has 0 spiro atoms. The first-order valence-electron chi connectivity index (χ1n) is 5.53. The third-order valence-electron chi connectivity index (χ3n) is 2.75. The summed E-state index contributed by atoms with van der Waals surface area (Å²) in [7, 11) is 0. The van der Waals surface area contributed by atoms with Crippen LogP contribution in [0.2, 0.25) is 0 Å². The molecule has 0 saturated heterocycles. The second-order valence-corrected chi connectivity index (χ2v) is 3.88. The quantitative estimate of drug-likeness (QED) is 0.575. The maximum Gasteiger partial charge on any atom is 0.235 e. The molecule has 2 aromatic rings. The summed E-state index contributed by atoms with van der Waals surface area (Å²) >= 11 is 0. The predicted molar refractivity (Wildman–Crippen MR) is 68.4 cm³/mol. The Morgan fingerprint density at radius 1 is 0.941 bits per heavy atom. The predicted octanol–water partition coefficient (Wildman–Crippen LogP) is 3.75. The number of nitrogens with zero attached hydrogens (tertiary/aromatic N) is 1. The minimum Gasteiger partial charge on any atom is -0.211 e. The van der Waals surface area contributed by atoms with Crippen molar-refractivity contribution in [2.24, 2.45) is 4.99 Å². The first-order valence-corrected chi connectivity index (χ1v) is 5.53. The van der Waals surface area contributed by atoms with Crippen molar-refractivity contribution >= 4 is 6.08 Å². The van der Waals surface area contributed by atoms with E-state index in [4.69, 9.17) is 0 Å². The van der Waals surface area contributed by atoms with E-state index in [1.54, 1.807) is 6.08 Å². The summed E-state index contributed by atoms with van der Waals surface area (Å²) in [5, 5.41) is 0. The van der Waals surface area contributed by atoms with Crippen molar-refractivity contribution in [2.75, 3.05) is 0 Å². The topological polar surface area (TPSA) is 29.4 Å². The van der Waals surface area contributed by atoms with Crippen LogP contribution in [0.15, 0.2) is 59.6 Å². The molecule has 2 rings (SSSR count).